The maximum Gasteiger partial charge on any atom is 0.404 e. The molecule has 0 radical (unpaired) electrons. The second kappa shape index (κ2) is 4.60. The third kappa shape index (κ3) is 3.05. The van der Waals surface area contributed by atoms with Crippen molar-refractivity contribution in [3.8, 4) is 0 Å². The number of nitrogens with zero attached hydrogens (tertiary/aromatic N) is 1. The molecular weight excluding hydrogens is 180 g/mol. The van der Waals surface area contributed by atoms with E-state index in [4.69, 9.17) is 5.73 Å². The van der Waals surface area contributed by atoms with Crippen LogP contribution < -0.4 is 5.73 Å². The molecule has 0 atom stereocenters. The van der Waals surface area contributed by atoms with Gasteiger partial charge in [0, 0.05) is 5.69 Å². The highest BCUT2D eigenvalue weighted by Crippen LogP contribution is 2.11. The number of ether oxygens (including phenoxy) is 1. The van der Waals surface area contributed by atoms with Crippen molar-refractivity contribution in [1.29, 1.82) is 0 Å². The van der Waals surface area contributed by atoms with Crippen molar-refractivity contribution in [2.24, 2.45) is 5.73 Å². The number of primary amides is 1. The molecule has 0 spiro atoms. The SMILES string of the molecule is CC(C)c1cccc(COC(N)=O)n1. The Balaban J connectivity index is 2.68. The molecule has 0 saturated heterocycles. The molecule has 0 bridgehead atoms. The van der Waals surface area contributed by atoms with E-state index in [0.717, 1.165) is 11.4 Å². The van der Waals surface area contributed by atoms with E-state index < -0.39 is 6.09 Å². The lowest BCUT2D eigenvalue weighted by molar-refractivity contribution is 0.148. The van der Waals surface area contributed by atoms with Gasteiger partial charge < -0.3 is 10.5 Å². The van der Waals surface area contributed by atoms with Crippen molar-refractivity contribution >= 4 is 6.09 Å². The van der Waals surface area contributed by atoms with Gasteiger partial charge in [-0.2, -0.15) is 0 Å². The van der Waals surface area contributed by atoms with Crippen LogP contribution in [0.3, 0.4) is 0 Å². The van der Waals surface area contributed by atoms with Crippen LogP contribution >= 0.6 is 0 Å². The summed E-state index contributed by atoms with van der Waals surface area (Å²) in [6.07, 6.45) is -0.776. The lowest BCUT2D eigenvalue weighted by atomic mass is 10.1. The third-order valence-corrected chi connectivity index (χ3v) is 1.78. The fourth-order valence-corrected chi connectivity index (χ4v) is 1.05. The highest BCUT2D eigenvalue weighted by molar-refractivity contribution is 5.64. The molecule has 0 unspecified atom stereocenters. The van der Waals surface area contributed by atoms with Gasteiger partial charge in [-0.1, -0.05) is 19.9 Å². The number of pyridine rings is 1. The highest BCUT2D eigenvalue weighted by atomic mass is 16.5. The minimum atomic E-state index is -0.776. The van der Waals surface area contributed by atoms with Crippen molar-refractivity contribution in [3.63, 3.8) is 0 Å². The van der Waals surface area contributed by atoms with Crippen molar-refractivity contribution in [3.05, 3.63) is 29.6 Å². The van der Waals surface area contributed by atoms with Gasteiger partial charge in [0.05, 0.1) is 5.69 Å². The number of rotatable bonds is 3. The quantitative estimate of drug-likeness (QED) is 0.797. The topological polar surface area (TPSA) is 65.2 Å². The molecule has 76 valence electrons. The average Bonchev–Trinajstić information content (AvgIpc) is 2.15. The number of carbonyl (C=O) groups excluding carboxylic acids is 1. The largest absolute Gasteiger partial charge is 0.443 e. The lowest BCUT2D eigenvalue weighted by Crippen LogP contribution is -2.13. The zero-order chi connectivity index (χ0) is 10.6. The first-order valence-corrected chi connectivity index (χ1v) is 4.47. The van der Waals surface area contributed by atoms with Crippen molar-refractivity contribution in [2.75, 3.05) is 0 Å². The first-order valence-electron chi connectivity index (χ1n) is 4.47. The summed E-state index contributed by atoms with van der Waals surface area (Å²) < 4.78 is 4.64. The summed E-state index contributed by atoms with van der Waals surface area (Å²) >= 11 is 0. The Labute approximate surface area is 83.1 Å². The van der Waals surface area contributed by atoms with Gasteiger partial charge in [-0.3, -0.25) is 4.98 Å². The zero-order valence-electron chi connectivity index (χ0n) is 8.36. The molecule has 0 aliphatic carbocycles. The molecule has 14 heavy (non-hydrogen) atoms. The number of nitrogens with two attached hydrogens (primary N) is 1. The average molecular weight is 194 g/mol. The van der Waals surface area contributed by atoms with E-state index in [0.29, 0.717) is 5.92 Å². The number of hydrogen-bond acceptors (Lipinski definition) is 3. The number of amides is 1. The second-order valence-electron chi connectivity index (χ2n) is 3.32. The van der Waals surface area contributed by atoms with Gasteiger partial charge in [-0.15, -0.1) is 0 Å². The summed E-state index contributed by atoms with van der Waals surface area (Å²) in [5.74, 6) is 0.364. The summed E-state index contributed by atoms with van der Waals surface area (Å²) in [5.41, 5.74) is 6.55. The van der Waals surface area contributed by atoms with E-state index in [1.165, 1.54) is 0 Å². The van der Waals surface area contributed by atoms with Crippen molar-refractivity contribution in [1.82, 2.24) is 4.98 Å². The molecule has 1 rings (SSSR count). The molecule has 0 aliphatic heterocycles. The Morgan fingerprint density at radius 3 is 2.86 bits per heavy atom. The molecule has 1 heterocycles. The molecule has 0 aromatic carbocycles. The van der Waals surface area contributed by atoms with Crippen molar-refractivity contribution in [2.45, 2.75) is 26.4 Å². The summed E-state index contributed by atoms with van der Waals surface area (Å²) in [7, 11) is 0. The lowest BCUT2D eigenvalue weighted by Gasteiger charge is -2.06. The molecule has 1 aromatic heterocycles. The van der Waals surface area contributed by atoms with E-state index in [1.807, 2.05) is 12.1 Å². The second-order valence-corrected chi connectivity index (χ2v) is 3.32. The minimum Gasteiger partial charge on any atom is -0.443 e. The molecule has 4 heteroatoms. The predicted octanol–water partition coefficient (Wildman–Crippen LogP) is 1.80. The van der Waals surface area contributed by atoms with Crippen LogP contribution in [0.1, 0.15) is 31.2 Å². The summed E-state index contributed by atoms with van der Waals surface area (Å²) in [4.78, 5) is 14.7. The van der Waals surface area contributed by atoms with E-state index in [2.05, 4.69) is 23.6 Å². The molecule has 0 fully saturated rings. The van der Waals surface area contributed by atoms with Crippen molar-refractivity contribution < 1.29 is 9.53 Å². The smallest absolute Gasteiger partial charge is 0.404 e. The van der Waals surface area contributed by atoms with Gasteiger partial charge in [-0.25, -0.2) is 4.79 Å². The minimum absolute atomic E-state index is 0.135. The summed E-state index contributed by atoms with van der Waals surface area (Å²) in [5, 5.41) is 0. The first kappa shape index (κ1) is 10.5. The zero-order valence-corrected chi connectivity index (χ0v) is 8.36. The summed E-state index contributed by atoms with van der Waals surface area (Å²) in [6.45, 7) is 4.25. The normalized spacial score (nSPS) is 10.2. The van der Waals surface area contributed by atoms with Gasteiger partial charge in [0.25, 0.3) is 0 Å². The number of hydrogen-bond donors (Lipinski definition) is 1. The Hall–Kier alpha value is -1.58. The van der Waals surface area contributed by atoms with Crippen LogP contribution in [0.2, 0.25) is 0 Å². The van der Waals surface area contributed by atoms with Gasteiger partial charge >= 0.3 is 6.09 Å². The van der Waals surface area contributed by atoms with Crippen LogP contribution in [-0.2, 0) is 11.3 Å². The number of aromatic nitrogens is 1. The van der Waals surface area contributed by atoms with Crippen LogP contribution in [0, 0.1) is 0 Å². The Bertz CT molecular complexity index is 324. The third-order valence-electron chi connectivity index (χ3n) is 1.78. The van der Waals surface area contributed by atoms with Gasteiger partial charge in [0.1, 0.15) is 6.61 Å². The molecule has 0 aliphatic rings. The van der Waals surface area contributed by atoms with E-state index in [-0.39, 0.29) is 6.61 Å². The summed E-state index contributed by atoms with van der Waals surface area (Å²) in [6, 6.07) is 5.63. The van der Waals surface area contributed by atoms with E-state index in [9.17, 15) is 4.79 Å². The highest BCUT2D eigenvalue weighted by Gasteiger charge is 2.03. The molecule has 1 amide bonds. The molecule has 2 N–H and O–H groups in total. The van der Waals surface area contributed by atoms with Crippen LogP contribution in [0.5, 0.6) is 0 Å². The molecule has 0 saturated carbocycles. The Morgan fingerprint density at radius 2 is 2.29 bits per heavy atom. The van der Waals surface area contributed by atoms with E-state index in [1.54, 1.807) is 6.07 Å². The first-order chi connectivity index (χ1) is 6.59. The van der Waals surface area contributed by atoms with Crippen LogP contribution in [0.25, 0.3) is 0 Å². The fraction of sp³-hybridized carbons (Fsp3) is 0.400. The molecule has 4 nitrogen and oxygen atoms in total. The molecular formula is C10H14N2O2. The Kier molecular flexibility index (Phi) is 3.45. The maximum atomic E-state index is 10.4. The standard InChI is InChI=1S/C10H14N2O2/c1-7(2)9-5-3-4-8(12-9)6-14-10(11)13/h3-5,7H,6H2,1-2H3,(H2,11,13). The Morgan fingerprint density at radius 1 is 1.57 bits per heavy atom. The van der Waals surface area contributed by atoms with Gasteiger partial charge in [-0.05, 0) is 18.1 Å². The van der Waals surface area contributed by atoms with E-state index >= 15 is 0 Å². The van der Waals surface area contributed by atoms with Crippen LogP contribution in [-0.4, -0.2) is 11.1 Å². The number of carbonyl (C=O) groups is 1. The predicted molar refractivity (Wildman–Crippen MR) is 52.7 cm³/mol. The molecule has 1 aromatic rings. The van der Waals surface area contributed by atoms with Gasteiger partial charge in [0.15, 0.2) is 0 Å². The fourth-order valence-electron chi connectivity index (χ4n) is 1.05. The van der Waals surface area contributed by atoms with Gasteiger partial charge in [0.2, 0.25) is 0 Å². The monoisotopic (exact) mass is 194 g/mol. The maximum absolute atomic E-state index is 10.4. The van der Waals surface area contributed by atoms with Crippen LogP contribution in [0.15, 0.2) is 18.2 Å². The van der Waals surface area contributed by atoms with Crippen LogP contribution in [0.4, 0.5) is 4.79 Å².